The molecule has 0 aromatic carbocycles. The number of thiazole rings is 1. The van der Waals surface area contributed by atoms with Crippen molar-refractivity contribution in [2.75, 3.05) is 11.9 Å². The molecule has 2 heterocycles. The molecule has 1 saturated heterocycles. The summed E-state index contributed by atoms with van der Waals surface area (Å²) >= 11 is 1.56. The van der Waals surface area contributed by atoms with Crippen LogP contribution < -0.4 is 16.0 Å². The number of fused-ring (bicyclic) bond motifs is 1. The van der Waals surface area contributed by atoms with Gasteiger partial charge in [0, 0.05) is 11.4 Å². The summed E-state index contributed by atoms with van der Waals surface area (Å²) in [5, 5.41) is 8.99. The highest BCUT2D eigenvalue weighted by Gasteiger charge is 2.23. The molecule has 1 aromatic heterocycles. The number of amides is 3. The Bertz CT molecular complexity index is 534. The van der Waals surface area contributed by atoms with Gasteiger partial charge in [0.25, 0.3) is 0 Å². The first-order chi connectivity index (χ1) is 10.7. The summed E-state index contributed by atoms with van der Waals surface area (Å²) < 4.78 is 0. The molecule has 1 aliphatic heterocycles. The molecular weight excluding hydrogens is 300 g/mol. The van der Waals surface area contributed by atoms with Crippen LogP contribution in [0.2, 0.25) is 0 Å². The van der Waals surface area contributed by atoms with Crippen LogP contribution in [0, 0.1) is 0 Å². The Labute approximate surface area is 134 Å². The highest BCUT2D eigenvalue weighted by atomic mass is 32.1. The Morgan fingerprint density at radius 1 is 1.18 bits per heavy atom. The zero-order valence-corrected chi connectivity index (χ0v) is 13.4. The smallest absolute Gasteiger partial charge is 0.321 e. The molecule has 1 aliphatic carbocycles. The summed E-state index contributed by atoms with van der Waals surface area (Å²) in [5.74, 6) is -0.0948. The van der Waals surface area contributed by atoms with Crippen molar-refractivity contribution in [2.45, 2.75) is 57.4 Å². The van der Waals surface area contributed by atoms with Crippen molar-refractivity contribution >= 4 is 28.4 Å². The number of carbonyl (C=O) groups excluding carboxylic acids is 2. The Balaban J connectivity index is 1.58. The molecule has 22 heavy (non-hydrogen) atoms. The monoisotopic (exact) mass is 322 g/mol. The van der Waals surface area contributed by atoms with E-state index in [2.05, 4.69) is 20.9 Å². The third-order valence-electron chi connectivity index (χ3n) is 4.16. The fourth-order valence-electron chi connectivity index (χ4n) is 2.95. The maximum Gasteiger partial charge on any atom is 0.321 e. The SMILES string of the molecule is O=C(Nc1nc2c(s1)CCCCC2)NC1CCCCNC1=O. The molecule has 3 rings (SSSR count). The van der Waals surface area contributed by atoms with E-state index in [-0.39, 0.29) is 11.9 Å². The minimum atomic E-state index is -0.444. The highest BCUT2D eigenvalue weighted by Crippen LogP contribution is 2.28. The minimum absolute atomic E-state index is 0.0948. The molecule has 0 saturated carbocycles. The number of aryl methyl sites for hydroxylation is 2. The van der Waals surface area contributed by atoms with Gasteiger partial charge in [-0.05, 0) is 44.9 Å². The van der Waals surface area contributed by atoms with Gasteiger partial charge in [0.1, 0.15) is 6.04 Å². The fraction of sp³-hybridized carbons (Fsp3) is 0.667. The third-order valence-corrected chi connectivity index (χ3v) is 5.23. The van der Waals surface area contributed by atoms with E-state index in [0.717, 1.165) is 31.4 Å². The number of nitrogens with zero attached hydrogens (tertiary/aromatic N) is 1. The molecule has 6 nitrogen and oxygen atoms in total. The average molecular weight is 322 g/mol. The quantitative estimate of drug-likeness (QED) is 0.730. The van der Waals surface area contributed by atoms with Gasteiger partial charge in [0.05, 0.1) is 5.69 Å². The van der Waals surface area contributed by atoms with E-state index in [1.165, 1.54) is 24.1 Å². The summed E-state index contributed by atoms with van der Waals surface area (Å²) in [6.07, 6.45) is 8.27. The number of anilines is 1. The molecule has 2 aliphatic rings. The molecule has 3 N–H and O–H groups in total. The van der Waals surface area contributed by atoms with Crippen LogP contribution in [0.1, 0.15) is 49.1 Å². The molecular formula is C15H22N4O2S. The van der Waals surface area contributed by atoms with Crippen LogP contribution in [0.15, 0.2) is 0 Å². The summed E-state index contributed by atoms with van der Waals surface area (Å²) in [6, 6.07) is -0.786. The van der Waals surface area contributed by atoms with Crippen LogP contribution in [0.3, 0.4) is 0 Å². The van der Waals surface area contributed by atoms with E-state index < -0.39 is 6.04 Å². The van der Waals surface area contributed by atoms with Crippen LogP contribution in [0.4, 0.5) is 9.93 Å². The normalized spacial score (nSPS) is 22.0. The van der Waals surface area contributed by atoms with Gasteiger partial charge in [-0.3, -0.25) is 10.1 Å². The Morgan fingerprint density at radius 3 is 2.95 bits per heavy atom. The maximum absolute atomic E-state index is 12.1. The van der Waals surface area contributed by atoms with E-state index in [4.69, 9.17) is 0 Å². The number of urea groups is 1. The average Bonchev–Trinajstić information content (AvgIpc) is 2.65. The van der Waals surface area contributed by atoms with Crippen LogP contribution in [0.5, 0.6) is 0 Å². The molecule has 7 heteroatoms. The van der Waals surface area contributed by atoms with Gasteiger partial charge in [-0.2, -0.15) is 0 Å². The first-order valence-corrected chi connectivity index (χ1v) is 8.88. The second-order valence-electron chi connectivity index (χ2n) is 5.89. The molecule has 1 fully saturated rings. The zero-order valence-electron chi connectivity index (χ0n) is 12.6. The number of nitrogens with one attached hydrogen (secondary N) is 3. The minimum Gasteiger partial charge on any atom is -0.354 e. The number of hydrogen-bond acceptors (Lipinski definition) is 4. The van der Waals surface area contributed by atoms with Gasteiger partial charge in [0.15, 0.2) is 5.13 Å². The summed E-state index contributed by atoms with van der Waals surface area (Å²) in [4.78, 5) is 29.7. The van der Waals surface area contributed by atoms with Crippen molar-refractivity contribution < 1.29 is 9.59 Å². The van der Waals surface area contributed by atoms with Gasteiger partial charge >= 0.3 is 6.03 Å². The predicted molar refractivity (Wildman–Crippen MR) is 86.2 cm³/mol. The fourth-order valence-corrected chi connectivity index (χ4v) is 4.00. The molecule has 3 amide bonds. The third kappa shape index (κ3) is 3.76. The van der Waals surface area contributed by atoms with Gasteiger partial charge in [-0.25, -0.2) is 9.78 Å². The lowest BCUT2D eigenvalue weighted by Crippen LogP contribution is -2.47. The van der Waals surface area contributed by atoms with Crippen molar-refractivity contribution in [1.29, 1.82) is 0 Å². The lowest BCUT2D eigenvalue weighted by molar-refractivity contribution is -0.122. The Morgan fingerprint density at radius 2 is 2.05 bits per heavy atom. The molecule has 1 atom stereocenters. The first-order valence-electron chi connectivity index (χ1n) is 8.06. The van der Waals surface area contributed by atoms with Crippen molar-refractivity contribution in [3.05, 3.63) is 10.6 Å². The highest BCUT2D eigenvalue weighted by molar-refractivity contribution is 7.15. The molecule has 0 radical (unpaired) electrons. The first kappa shape index (κ1) is 15.3. The van der Waals surface area contributed by atoms with Crippen LogP contribution in [-0.2, 0) is 17.6 Å². The van der Waals surface area contributed by atoms with E-state index in [0.29, 0.717) is 18.1 Å². The van der Waals surface area contributed by atoms with E-state index >= 15 is 0 Å². The number of aromatic nitrogens is 1. The predicted octanol–water partition coefficient (Wildman–Crippen LogP) is 2.20. The Kier molecular flexibility index (Phi) is 4.92. The molecule has 0 spiro atoms. The topological polar surface area (TPSA) is 83.1 Å². The van der Waals surface area contributed by atoms with Crippen LogP contribution in [-0.4, -0.2) is 29.5 Å². The number of hydrogen-bond donors (Lipinski definition) is 3. The van der Waals surface area contributed by atoms with Crippen LogP contribution in [0.25, 0.3) is 0 Å². The standard InChI is InChI=1S/C15H22N4O2S/c20-13-11(7-4-5-9-16-13)17-14(21)19-15-18-10-6-2-1-3-8-12(10)22-15/h11H,1-9H2,(H,16,20)(H2,17,18,19,21). The molecule has 0 bridgehead atoms. The number of rotatable bonds is 2. The van der Waals surface area contributed by atoms with Crippen molar-refractivity contribution in [3.63, 3.8) is 0 Å². The van der Waals surface area contributed by atoms with Crippen molar-refractivity contribution in [3.8, 4) is 0 Å². The van der Waals surface area contributed by atoms with E-state index in [1.807, 2.05) is 0 Å². The summed E-state index contributed by atoms with van der Waals surface area (Å²) in [7, 11) is 0. The maximum atomic E-state index is 12.1. The van der Waals surface area contributed by atoms with Crippen molar-refractivity contribution in [2.24, 2.45) is 0 Å². The lowest BCUT2D eigenvalue weighted by Gasteiger charge is -2.14. The largest absolute Gasteiger partial charge is 0.354 e. The van der Waals surface area contributed by atoms with Gasteiger partial charge < -0.3 is 10.6 Å². The van der Waals surface area contributed by atoms with E-state index in [1.54, 1.807) is 11.3 Å². The Hall–Kier alpha value is -1.63. The van der Waals surface area contributed by atoms with Gasteiger partial charge in [-0.15, -0.1) is 11.3 Å². The lowest BCUT2D eigenvalue weighted by atomic mass is 10.1. The summed E-state index contributed by atoms with van der Waals surface area (Å²) in [6.45, 7) is 0.692. The van der Waals surface area contributed by atoms with Crippen LogP contribution >= 0.6 is 11.3 Å². The second kappa shape index (κ2) is 7.09. The second-order valence-corrected chi connectivity index (χ2v) is 6.97. The molecule has 1 aromatic rings. The molecule has 1 unspecified atom stereocenters. The summed E-state index contributed by atoms with van der Waals surface area (Å²) in [5.41, 5.74) is 1.13. The van der Waals surface area contributed by atoms with Gasteiger partial charge in [-0.1, -0.05) is 6.42 Å². The van der Waals surface area contributed by atoms with Gasteiger partial charge in [0.2, 0.25) is 5.91 Å². The van der Waals surface area contributed by atoms with E-state index in [9.17, 15) is 9.59 Å². The number of carbonyl (C=O) groups is 2. The zero-order chi connectivity index (χ0) is 15.4. The van der Waals surface area contributed by atoms with Crippen molar-refractivity contribution in [1.82, 2.24) is 15.6 Å². The molecule has 120 valence electrons.